The molecular formula is C35H32ClF9N8O8. The molecule has 61 heavy (non-hydrogen) atoms. The highest BCUT2D eigenvalue weighted by Gasteiger charge is 2.39. The van der Waals surface area contributed by atoms with Crippen LogP contribution in [-0.4, -0.2) is 120 Å². The van der Waals surface area contributed by atoms with Gasteiger partial charge in [0, 0.05) is 57.0 Å². The summed E-state index contributed by atoms with van der Waals surface area (Å²) in [5, 5.41) is 28.3. The van der Waals surface area contributed by atoms with Crippen molar-refractivity contribution in [3.63, 3.8) is 0 Å². The number of carboxylic acid groups (broad SMARTS) is 3. The maximum Gasteiger partial charge on any atom is 0.490 e. The molecule has 330 valence electrons. The van der Waals surface area contributed by atoms with Crippen LogP contribution < -0.4 is 15.4 Å². The summed E-state index contributed by atoms with van der Waals surface area (Å²) in [6.07, 6.45) is -5.05. The molecule has 2 aliphatic rings. The summed E-state index contributed by atoms with van der Waals surface area (Å²) in [6, 6.07) is 11.9. The first-order chi connectivity index (χ1) is 28.4. The highest BCUT2D eigenvalue weighted by molar-refractivity contribution is 6.32. The van der Waals surface area contributed by atoms with Crippen molar-refractivity contribution in [2.45, 2.75) is 37.9 Å². The van der Waals surface area contributed by atoms with Crippen LogP contribution >= 0.6 is 11.6 Å². The van der Waals surface area contributed by atoms with Gasteiger partial charge in [0.25, 0.3) is 5.91 Å². The Balaban J connectivity index is 0.000000390. The zero-order valence-electron chi connectivity index (χ0n) is 30.9. The molecule has 1 fully saturated rings. The number of fused-ring (bicyclic) bond motifs is 6. The van der Waals surface area contributed by atoms with E-state index >= 15 is 0 Å². The minimum absolute atomic E-state index is 0.00775. The second-order valence-corrected chi connectivity index (χ2v) is 12.7. The van der Waals surface area contributed by atoms with E-state index in [0.717, 1.165) is 48.6 Å². The smallest absolute Gasteiger partial charge is 0.483 e. The number of rotatable bonds is 5. The molecule has 5 heterocycles. The summed E-state index contributed by atoms with van der Waals surface area (Å²) in [5.41, 5.74) is 4.87. The molecule has 4 aromatic rings. The van der Waals surface area contributed by atoms with E-state index in [1.807, 2.05) is 59.9 Å². The molecule has 0 saturated carbocycles. The van der Waals surface area contributed by atoms with E-state index in [1.165, 1.54) is 5.56 Å². The Hall–Kier alpha value is -6.50. The number of halogens is 10. The lowest BCUT2D eigenvalue weighted by Crippen LogP contribution is -2.49. The summed E-state index contributed by atoms with van der Waals surface area (Å²) in [4.78, 5) is 61.2. The Morgan fingerprint density at radius 3 is 1.85 bits per heavy atom. The van der Waals surface area contributed by atoms with E-state index in [0.29, 0.717) is 42.0 Å². The number of ether oxygens (including phenoxy) is 1. The van der Waals surface area contributed by atoms with Crippen LogP contribution in [0.4, 0.5) is 62.7 Å². The molecule has 26 heteroatoms. The maximum atomic E-state index is 13.0. The number of piperazine rings is 1. The molecular weight excluding hydrogens is 867 g/mol. The normalized spacial score (nSPS) is 13.8. The van der Waals surface area contributed by atoms with Crippen LogP contribution in [0.25, 0.3) is 0 Å². The molecule has 3 aromatic heterocycles. The van der Waals surface area contributed by atoms with Gasteiger partial charge in [0.2, 0.25) is 5.95 Å². The molecule has 1 amide bonds. The van der Waals surface area contributed by atoms with E-state index in [9.17, 15) is 44.3 Å². The molecule has 5 N–H and O–H groups in total. The van der Waals surface area contributed by atoms with Gasteiger partial charge in [0.05, 0.1) is 18.1 Å². The van der Waals surface area contributed by atoms with Crippen LogP contribution in [-0.2, 0) is 38.6 Å². The Kier molecular flexibility index (Phi) is 17.4. The van der Waals surface area contributed by atoms with Gasteiger partial charge in [-0.1, -0.05) is 11.6 Å². The van der Waals surface area contributed by atoms with Crippen LogP contribution in [0.1, 0.15) is 16.7 Å². The minimum Gasteiger partial charge on any atom is -0.483 e. The number of carboxylic acids is 3. The summed E-state index contributed by atoms with van der Waals surface area (Å²) >= 11 is 6.37. The number of amides is 1. The van der Waals surface area contributed by atoms with Gasteiger partial charge < -0.3 is 35.6 Å². The highest BCUT2D eigenvalue weighted by atomic mass is 35.5. The first kappa shape index (κ1) is 48.9. The van der Waals surface area contributed by atoms with Crippen LogP contribution in [0.2, 0.25) is 5.02 Å². The molecule has 0 atom stereocenters. The van der Waals surface area contributed by atoms with E-state index in [2.05, 4.69) is 35.5 Å². The molecule has 0 spiro atoms. The summed E-state index contributed by atoms with van der Waals surface area (Å²) in [5.74, 6) is -6.69. The number of carbonyl (C=O) groups excluding carboxylic acids is 1. The molecule has 0 unspecified atom stereocenters. The average molecular weight is 899 g/mol. The van der Waals surface area contributed by atoms with Crippen molar-refractivity contribution in [2.24, 2.45) is 0 Å². The molecule has 6 rings (SSSR count). The Bertz CT molecular complexity index is 2070. The Morgan fingerprint density at radius 2 is 1.30 bits per heavy atom. The van der Waals surface area contributed by atoms with E-state index < -0.39 is 36.4 Å². The van der Waals surface area contributed by atoms with Gasteiger partial charge in [-0.25, -0.2) is 19.4 Å². The highest BCUT2D eigenvalue weighted by Crippen LogP contribution is 2.30. The van der Waals surface area contributed by atoms with Crippen molar-refractivity contribution in [1.29, 1.82) is 0 Å². The first-order valence-corrected chi connectivity index (χ1v) is 17.4. The fourth-order valence-electron chi connectivity index (χ4n) is 4.88. The molecule has 0 radical (unpaired) electrons. The van der Waals surface area contributed by atoms with Gasteiger partial charge >= 0.3 is 36.4 Å². The van der Waals surface area contributed by atoms with Gasteiger partial charge in [0.1, 0.15) is 10.8 Å². The molecule has 1 saturated heterocycles. The number of hydrogen-bond donors (Lipinski definition) is 5. The van der Waals surface area contributed by atoms with Crippen molar-refractivity contribution in [3.8, 4) is 5.75 Å². The van der Waals surface area contributed by atoms with Gasteiger partial charge in [-0.15, -0.1) is 0 Å². The average Bonchev–Trinajstić information content (AvgIpc) is 3.18. The van der Waals surface area contributed by atoms with Crippen LogP contribution in [0.15, 0.2) is 67.4 Å². The summed E-state index contributed by atoms with van der Waals surface area (Å²) in [6.45, 7) is 3.88. The standard InChI is InChI=1S/C29H29ClN8O2.3C2HF3O2/c30-25-17-33-29-35-24-13-21(15-32-16-24)1-2-22-14-23(34-28(25)36-29)3-4-26(22)40-19-27(39)38-11-9-37(10-12-38)18-20-5-7-31-8-6-20;3*3-2(4,5)1(6)7/h3-8,13-17H,1-2,9-12,18-19H2,(H2,33,34,35,36);3*(H,6,7). The van der Waals surface area contributed by atoms with E-state index in [-0.39, 0.29) is 12.5 Å². The maximum absolute atomic E-state index is 13.0. The lowest BCUT2D eigenvalue weighted by Gasteiger charge is -2.34. The summed E-state index contributed by atoms with van der Waals surface area (Å²) < 4.78 is 101. The molecule has 6 bridgehead atoms. The number of nitrogens with one attached hydrogen (secondary N) is 2. The first-order valence-electron chi connectivity index (χ1n) is 17.0. The quantitative estimate of drug-likeness (QED) is 0.142. The molecule has 1 aromatic carbocycles. The number of pyridine rings is 2. The predicted molar refractivity (Wildman–Crippen MR) is 194 cm³/mol. The lowest BCUT2D eigenvalue weighted by atomic mass is 10.0. The topological polar surface area (TPSA) is 220 Å². The van der Waals surface area contributed by atoms with Gasteiger partial charge in [-0.05, 0) is 65.9 Å². The Morgan fingerprint density at radius 1 is 0.721 bits per heavy atom. The predicted octanol–water partition coefficient (Wildman–Crippen LogP) is 6.13. The van der Waals surface area contributed by atoms with Crippen LogP contribution in [0, 0.1) is 0 Å². The number of aromatic nitrogens is 4. The SMILES string of the molecule is O=C(COc1ccc2cc1CCc1cncc(c1)Nc1ncc(Cl)c(n1)N2)N1CCN(Cc2ccncc2)CC1.O=C(O)C(F)(F)F.O=C(O)C(F)(F)F.O=C(O)C(F)(F)F. The number of nitrogens with zero attached hydrogens (tertiary/aromatic N) is 6. The van der Waals surface area contributed by atoms with Gasteiger partial charge in [-0.3, -0.25) is 19.7 Å². The number of anilines is 4. The third kappa shape index (κ3) is 16.9. The second-order valence-electron chi connectivity index (χ2n) is 12.3. The lowest BCUT2D eigenvalue weighted by molar-refractivity contribution is -0.193. The van der Waals surface area contributed by atoms with Crippen LogP contribution in [0.3, 0.4) is 0 Å². The summed E-state index contributed by atoms with van der Waals surface area (Å²) in [7, 11) is 0. The van der Waals surface area contributed by atoms with Crippen molar-refractivity contribution in [2.75, 3.05) is 43.4 Å². The fraction of sp³-hybridized carbons (Fsp3) is 0.314. The van der Waals surface area contributed by atoms with Crippen molar-refractivity contribution >= 4 is 58.6 Å². The zero-order valence-corrected chi connectivity index (χ0v) is 31.6. The molecule has 0 aliphatic carbocycles. The number of carbonyl (C=O) groups is 4. The largest absolute Gasteiger partial charge is 0.490 e. The fourth-order valence-corrected chi connectivity index (χ4v) is 5.02. The number of alkyl halides is 9. The third-order valence-electron chi connectivity index (χ3n) is 7.76. The van der Waals surface area contributed by atoms with E-state index in [4.69, 9.17) is 46.0 Å². The van der Waals surface area contributed by atoms with E-state index in [1.54, 1.807) is 12.4 Å². The van der Waals surface area contributed by atoms with Gasteiger partial charge in [-0.2, -0.15) is 44.5 Å². The number of aryl methyl sites for hydroxylation is 2. The third-order valence-corrected chi connectivity index (χ3v) is 8.04. The molecule has 2 aliphatic heterocycles. The number of hydrogen-bond acceptors (Lipinski definition) is 12. The van der Waals surface area contributed by atoms with Crippen molar-refractivity contribution in [3.05, 3.63) is 89.1 Å². The Labute approximate surface area is 343 Å². The number of benzene rings is 1. The van der Waals surface area contributed by atoms with Crippen LogP contribution in [0.5, 0.6) is 5.75 Å². The van der Waals surface area contributed by atoms with Gasteiger partial charge in [0.15, 0.2) is 12.4 Å². The zero-order chi connectivity index (χ0) is 45.5. The second kappa shape index (κ2) is 21.7. The van der Waals surface area contributed by atoms with Crippen molar-refractivity contribution < 1.29 is 78.7 Å². The number of aliphatic carboxylic acids is 3. The monoisotopic (exact) mass is 898 g/mol. The van der Waals surface area contributed by atoms with Crippen molar-refractivity contribution in [1.82, 2.24) is 29.7 Å². The molecule has 16 nitrogen and oxygen atoms in total. The minimum atomic E-state index is -5.08.